The summed E-state index contributed by atoms with van der Waals surface area (Å²) in [5, 5.41) is 0. The largest absolute Gasteiger partial charge is 0.321 e. The predicted molar refractivity (Wildman–Crippen MR) is 102 cm³/mol. The van der Waals surface area contributed by atoms with Gasteiger partial charge in [-0.3, -0.25) is 0 Å². The molecule has 134 valence electrons. The topological polar surface area (TPSA) is 0 Å². The monoisotopic (exact) mass is 320 g/mol. The van der Waals surface area contributed by atoms with Gasteiger partial charge >= 0.3 is 0 Å². The van der Waals surface area contributed by atoms with E-state index in [-0.39, 0.29) is 0 Å². The van der Waals surface area contributed by atoms with Crippen LogP contribution in [0, 0.1) is 23.7 Å². The molecule has 2 fully saturated rings. The maximum Gasteiger partial charge on any atom is 0.0927 e. The van der Waals surface area contributed by atoms with Crippen molar-refractivity contribution in [3.05, 3.63) is 12.2 Å². The van der Waals surface area contributed by atoms with E-state index in [1.165, 1.54) is 56.0 Å². The molecule has 0 aromatic heterocycles. The highest BCUT2D eigenvalue weighted by atomic mass is 15.4. The van der Waals surface area contributed by atoms with Crippen LogP contribution in [0.4, 0.5) is 0 Å². The lowest BCUT2D eigenvalue weighted by atomic mass is 9.88. The Morgan fingerprint density at radius 3 is 2.39 bits per heavy atom. The SMILES string of the molecule is CCCC(C=CCC(CC(C)C)[N+]1(C)CCC1C)C1CC1CC. The van der Waals surface area contributed by atoms with Crippen molar-refractivity contribution in [3.8, 4) is 0 Å². The Morgan fingerprint density at radius 1 is 1.22 bits per heavy atom. The minimum Gasteiger partial charge on any atom is -0.321 e. The molecule has 0 amide bonds. The average molecular weight is 321 g/mol. The minimum absolute atomic E-state index is 0.815. The molecule has 1 saturated carbocycles. The van der Waals surface area contributed by atoms with Crippen LogP contribution < -0.4 is 0 Å². The molecule has 1 heteroatoms. The summed E-state index contributed by atoms with van der Waals surface area (Å²) in [4.78, 5) is 0. The molecule has 0 spiro atoms. The summed E-state index contributed by atoms with van der Waals surface area (Å²) in [6.07, 6.45) is 14.9. The van der Waals surface area contributed by atoms with Gasteiger partial charge in [0.1, 0.15) is 0 Å². The summed E-state index contributed by atoms with van der Waals surface area (Å²) in [7, 11) is 2.51. The van der Waals surface area contributed by atoms with Gasteiger partial charge < -0.3 is 4.48 Å². The lowest BCUT2D eigenvalue weighted by molar-refractivity contribution is -0.992. The van der Waals surface area contributed by atoms with Gasteiger partial charge in [-0.1, -0.05) is 52.7 Å². The first kappa shape index (κ1) is 19.0. The highest BCUT2D eigenvalue weighted by molar-refractivity contribution is 5.01. The van der Waals surface area contributed by atoms with E-state index >= 15 is 0 Å². The van der Waals surface area contributed by atoms with Crippen molar-refractivity contribution in [2.24, 2.45) is 23.7 Å². The zero-order chi connectivity index (χ0) is 17.0. The third-order valence-corrected chi connectivity index (χ3v) is 7.08. The molecule has 2 rings (SSSR count). The van der Waals surface area contributed by atoms with E-state index in [2.05, 4.69) is 53.8 Å². The van der Waals surface area contributed by atoms with Crippen molar-refractivity contribution in [3.63, 3.8) is 0 Å². The Kier molecular flexibility index (Phi) is 6.77. The highest BCUT2D eigenvalue weighted by Crippen LogP contribution is 2.48. The maximum absolute atomic E-state index is 2.62. The molecule has 0 N–H and O–H groups in total. The molecule has 0 aromatic carbocycles. The zero-order valence-electron chi connectivity index (χ0n) is 16.7. The van der Waals surface area contributed by atoms with E-state index in [9.17, 15) is 0 Å². The van der Waals surface area contributed by atoms with Gasteiger partial charge in [0.25, 0.3) is 0 Å². The van der Waals surface area contributed by atoms with Crippen LogP contribution in [0.5, 0.6) is 0 Å². The second-order valence-electron chi connectivity index (χ2n) is 9.18. The van der Waals surface area contributed by atoms with Crippen molar-refractivity contribution >= 4 is 0 Å². The van der Waals surface area contributed by atoms with Crippen LogP contribution in [0.3, 0.4) is 0 Å². The summed E-state index contributed by atoms with van der Waals surface area (Å²) >= 11 is 0. The lowest BCUT2D eigenvalue weighted by Gasteiger charge is -2.54. The average Bonchev–Trinajstić information content (AvgIpc) is 3.30. The Balaban J connectivity index is 1.93. The zero-order valence-corrected chi connectivity index (χ0v) is 16.7. The van der Waals surface area contributed by atoms with E-state index in [0.717, 1.165) is 35.8 Å². The van der Waals surface area contributed by atoms with E-state index in [1.807, 2.05) is 0 Å². The van der Waals surface area contributed by atoms with Crippen molar-refractivity contribution in [1.29, 1.82) is 0 Å². The van der Waals surface area contributed by atoms with E-state index in [0.29, 0.717) is 0 Å². The molecule has 2 aliphatic rings. The molecule has 0 bridgehead atoms. The molecule has 6 unspecified atom stereocenters. The van der Waals surface area contributed by atoms with Crippen molar-refractivity contribution in [2.75, 3.05) is 13.6 Å². The van der Waals surface area contributed by atoms with E-state index in [4.69, 9.17) is 0 Å². The highest BCUT2D eigenvalue weighted by Gasteiger charge is 2.45. The molecular weight excluding hydrogens is 278 g/mol. The number of nitrogens with zero attached hydrogens (tertiary/aromatic N) is 1. The molecule has 1 saturated heterocycles. The van der Waals surface area contributed by atoms with Crippen molar-refractivity contribution in [2.45, 2.75) is 91.6 Å². The van der Waals surface area contributed by atoms with E-state index in [1.54, 1.807) is 0 Å². The molecule has 1 heterocycles. The number of hydrogen-bond donors (Lipinski definition) is 0. The number of allylic oxidation sites excluding steroid dienone is 1. The van der Waals surface area contributed by atoms with Crippen LogP contribution in [-0.4, -0.2) is 30.2 Å². The van der Waals surface area contributed by atoms with Crippen molar-refractivity contribution < 1.29 is 4.48 Å². The molecule has 6 atom stereocenters. The first-order valence-corrected chi connectivity index (χ1v) is 10.4. The second kappa shape index (κ2) is 8.19. The fraction of sp³-hybridized carbons (Fsp3) is 0.909. The van der Waals surface area contributed by atoms with Gasteiger partial charge in [0.05, 0.1) is 25.7 Å². The molecule has 1 aliphatic carbocycles. The second-order valence-corrected chi connectivity index (χ2v) is 9.18. The fourth-order valence-corrected chi connectivity index (χ4v) is 4.92. The molecule has 0 radical (unpaired) electrons. The van der Waals surface area contributed by atoms with Crippen LogP contribution in [-0.2, 0) is 0 Å². The van der Waals surface area contributed by atoms with E-state index < -0.39 is 0 Å². The molecule has 23 heavy (non-hydrogen) atoms. The van der Waals surface area contributed by atoms with Gasteiger partial charge in [-0.05, 0) is 43.4 Å². The van der Waals surface area contributed by atoms with Crippen LogP contribution in [0.15, 0.2) is 12.2 Å². The van der Waals surface area contributed by atoms with Crippen LogP contribution >= 0.6 is 0 Å². The first-order valence-electron chi connectivity index (χ1n) is 10.4. The summed E-state index contributed by atoms with van der Waals surface area (Å²) < 4.78 is 1.32. The summed E-state index contributed by atoms with van der Waals surface area (Å²) in [6, 6.07) is 1.70. The Hall–Kier alpha value is -0.300. The number of rotatable bonds is 10. The van der Waals surface area contributed by atoms with Crippen LogP contribution in [0.2, 0.25) is 0 Å². The maximum atomic E-state index is 2.62. The van der Waals surface area contributed by atoms with Gasteiger partial charge in [0.2, 0.25) is 0 Å². The third-order valence-electron chi connectivity index (χ3n) is 7.08. The van der Waals surface area contributed by atoms with Crippen LogP contribution in [0.25, 0.3) is 0 Å². The normalized spacial score (nSPS) is 36.2. The Labute approximate surface area is 146 Å². The first-order chi connectivity index (χ1) is 10.9. The van der Waals surface area contributed by atoms with Crippen LogP contribution in [0.1, 0.15) is 79.6 Å². The lowest BCUT2D eigenvalue weighted by Crippen LogP contribution is -2.66. The molecule has 1 aliphatic heterocycles. The summed E-state index contributed by atoms with van der Waals surface area (Å²) in [6.45, 7) is 13.3. The predicted octanol–water partition coefficient (Wildman–Crippen LogP) is 6.05. The third kappa shape index (κ3) is 4.62. The molecular formula is C22H42N+. The van der Waals surface area contributed by atoms with Gasteiger partial charge in [-0.25, -0.2) is 0 Å². The smallest absolute Gasteiger partial charge is 0.0927 e. The minimum atomic E-state index is 0.815. The summed E-state index contributed by atoms with van der Waals surface area (Å²) in [5.41, 5.74) is 0. The standard InChI is InChI=1S/C22H42N/c1-7-10-20(22-16-19(22)8-2)11-9-12-21(15-17(3)4)23(6)14-13-18(23)5/h9,11,17-22H,7-8,10,12-16H2,1-6H3/q+1. The quantitative estimate of drug-likeness (QED) is 0.339. The summed E-state index contributed by atoms with van der Waals surface area (Å²) in [5.74, 6) is 3.72. The number of likely N-dealkylation sites (tertiary alicyclic amines) is 1. The van der Waals surface area contributed by atoms with Gasteiger partial charge in [-0.15, -0.1) is 0 Å². The number of quaternary nitrogens is 1. The Bertz CT molecular complexity index is 385. The van der Waals surface area contributed by atoms with Crippen molar-refractivity contribution in [1.82, 2.24) is 0 Å². The van der Waals surface area contributed by atoms with Gasteiger partial charge in [-0.2, -0.15) is 0 Å². The Morgan fingerprint density at radius 2 is 1.96 bits per heavy atom. The molecule has 0 aromatic rings. The van der Waals surface area contributed by atoms with Gasteiger partial charge in [0.15, 0.2) is 0 Å². The van der Waals surface area contributed by atoms with Gasteiger partial charge in [0, 0.05) is 19.3 Å². The fourth-order valence-electron chi connectivity index (χ4n) is 4.92. The number of hydrogen-bond acceptors (Lipinski definition) is 0. The molecule has 1 nitrogen and oxygen atoms in total.